The van der Waals surface area contributed by atoms with Gasteiger partial charge in [0.05, 0.1) is 11.1 Å². The van der Waals surface area contributed by atoms with Gasteiger partial charge in [-0.15, -0.1) is 0 Å². The van der Waals surface area contributed by atoms with Crippen molar-refractivity contribution < 1.29 is 18.7 Å². The maximum absolute atomic E-state index is 14.7. The molecule has 2 amide bonds. The average molecular weight is 389 g/mol. The predicted molar refractivity (Wildman–Crippen MR) is 104 cm³/mol. The molecule has 4 rings (SSSR count). The van der Waals surface area contributed by atoms with Crippen LogP contribution in [0.1, 0.15) is 42.5 Å². The molecule has 3 fully saturated rings. The first-order valence-corrected chi connectivity index (χ1v) is 10.2. The van der Waals surface area contributed by atoms with E-state index in [2.05, 4.69) is 10.2 Å². The molecule has 3 saturated heterocycles. The molecule has 7 heteroatoms. The largest absolute Gasteiger partial charge is 0.381 e. The molecule has 0 unspecified atom stereocenters. The minimum Gasteiger partial charge on any atom is -0.381 e. The maximum Gasteiger partial charge on any atom is 0.251 e. The Hall–Kier alpha value is -2.15. The number of likely N-dealkylation sites (tertiary alicyclic amines) is 1. The van der Waals surface area contributed by atoms with E-state index in [0.717, 1.165) is 58.4 Å². The molecule has 0 aliphatic carbocycles. The molecule has 3 aliphatic heterocycles. The summed E-state index contributed by atoms with van der Waals surface area (Å²) >= 11 is 0. The summed E-state index contributed by atoms with van der Waals surface area (Å²) in [6.45, 7) is 3.49. The highest BCUT2D eigenvalue weighted by Crippen LogP contribution is 2.43. The van der Waals surface area contributed by atoms with Gasteiger partial charge in [-0.3, -0.25) is 9.59 Å². The van der Waals surface area contributed by atoms with Gasteiger partial charge in [0.2, 0.25) is 5.91 Å². The van der Waals surface area contributed by atoms with Crippen molar-refractivity contribution in [1.29, 1.82) is 0 Å². The number of ether oxygens (including phenoxy) is 1. The third kappa shape index (κ3) is 3.36. The average Bonchev–Trinajstić information content (AvgIpc) is 3.03. The standard InChI is InChI=1S/C21H28FN3O3/c1-23-19(26)15-3-4-18(17(22)13-15)24-9-2-7-21(14-24)8-10-25(20(21)27)16-5-11-28-12-6-16/h3-4,13,16H,2,5-12,14H2,1H3,(H,23,26)/t21-/m1/s1. The van der Waals surface area contributed by atoms with Gasteiger partial charge in [-0.25, -0.2) is 4.39 Å². The van der Waals surface area contributed by atoms with Crippen LogP contribution < -0.4 is 10.2 Å². The number of nitrogens with one attached hydrogen (secondary N) is 1. The lowest BCUT2D eigenvalue weighted by molar-refractivity contribution is -0.139. The molecule has 0 bridgehead atoms. The smallest absolute Gasteiger partial charge is 0.251 e. The van der Waals surface area contributed by atoms with E-state index in [-0.39, 0.29) is 17.9 Å². The van der Waals surface area contributed by atoms with Crippen LogP contribution in [0.15, 0.2) is 18.2 Å². The Morgan fingerprint density at radius 2 is 2.04 bits per heavy atom. The maximum atomic E-state index is 14.7. The fourth-order valence-corrected chi connectivity index (χ4v) is 4.96. The Balaban J connectivity index is 1.51. The van der Waals surface area contributed by atoms with Crippen LogP contribution in [0.5, 0.6) is 0 Å². The zero-order valence-electron chi connectivity index (χ0n) is 16.4. The Morgan fingerprint density at radius 1 is 1.25 bits per heavy atom. The molecule has 1 N–H and O–H groups in total. The molecule has 3 heterocycles. The molecular weight excluding hydrogens is 361 g/mol. The molecular formula is C21H28FN3O3. The first kappa shape index (κ1) is 19.2. The summed E-state index contributed by atoms with van der Waals surface area (Å²) in [7, 11) is 1.53. The van der Waals surface area contributed by atoms with Crippen LogP contribution >= 0.6 is 0 Å². The molecule has 0 aromatic heterocycles. The number of amides is 2. The van der Waals surface area contributed by atoms with Crippen molar-refractivity contribution in [2.24, 2.45) is 5.41 Å². The quantitative estimate of drug-likeness (QED) is 0.861. The Labute approximate surface area is 165 Å². The second kappa shape index (κ2) is 7.70. The highest BCUT2D eigenvalue weighted by atomic mass is 19.1. The van der Waals surface area contributed by atoms with Crippen LogP contribution in [-0.2, 0) is 9.53 Å². The molecule has 1 aromatic carbocycles. The molecule has 0 saturated carbocycles. The van der Waals surface area contributed by atoms with E-state index < -0.39 is 11.2 Å². The number of hydrogen-bond acceptors (Lipinski definition) is 4. The van der Waals surface area contributed by atoms with Gasteiger partial charge in [-0.2, -0.15) is 0 Å². The van der Waals surface area contributed by atoms with E-state index in [4.69, 9.17) is 4.74 Å². The van der Waals surface area contributed by atoms with Crippen LogP contribution in [0.25, 0.3) is 0 Å². The number of nitrogens with zero attached hydrogens (tertiary/aromatic N) is 2. The van der Waals surface area contributed by atoms with Gasteiger partial charge in [-0.05, 0) is 50.3 Å². The predicted octanol–water partition coefficient (Wildman–Crippen LogP) is 2.18. The van der Waals surface area contributed by atoms with Gasteiger partial charge in [0.25, 0.3) is 5.91 Å². The summed E-state index contributed by atoms with van der Waals surface area (Å²) in [5.74, 6) is -0.491. The van der Waals surface area contributed by atoms with Gasteiger partial charge in [-0.1, -0.05) is 0 Å². The van der Waals surface area contributed by atoms with Crippen LogP contribution in [0.3, 0.4) is 0 Å². The monoisotopic (exact) mass is 389 g/mol. The lowest BCUT2D eigenvalue weighted by Crippen LogP contribution is -2.50. The lowest BCUT2D eigenvalue weighted by Gasteiger charge is -2.41. The first-order valence-electron chi connectivity index (χ1n) is 10.2. The van der Waals surface area contributed by atoms with E-state index in [1.165, 1.54) is 13.1 Å². The number of rotatable bonds is 3. The summed E-state index contributed by atoms with van der Waals surface area (Å²) < 4.78 is 20.2. The van der Waals surface area contributed by atoms with Gasteiger partial charge in [0.1, 0.15) is 5.82 Å². The fourth-order valence-electron chi connectivity index (χ4n) is 4.96. The van der Waals surface area contributed by atoms with E-state index in [9.17, 15) is 14.0 Å². The van der Waals surface area contributed by atoms with Crippen molar-refractivity contribution >= 4 is 17.5 Å². The zero-order chi connectivity index (χ0) is 19.7. The normalized spacial score (nSPS) is 26.1. The van der Waals surface area contributed by atoms with Crippen molar-refractivity contribution in [1.82, 2.24) is 10.2 Å². The minimum absolute atomic E-state index is 0.228. The molecule has 1 atom stereocenters. The minimum atomic E-state index is -0.414. The number of anilines is 1. The topological polar surface area (TPSA) is 61.9 Å². The van der Waals surface area contributed by atoms with Gasteiger partial charge in [0.15, 0.2) is 0 Å². The third-order valence-corrected chi connectivity index (χ3v) is 6.53. The van der Waals surface area contributed by atoms with Crippen molar-refractivity contribution in [3.63, 3.8) is 0 Å². The fraction of sp³-hybridized carbons (Fsp3) is 0.619. The number of piperidine rings is 1. The van der Waals surface area contributed by atoms with Crippen molar-refractivity contribution in [2.75, 3.05) is 44.8 Å². The van der Waals surface area contributed by atoms with E-state index >= 15 is 0 Å². The van der Waals surface area contributed by atoms with Crippen LogP contribution in [0, 0.1) is 11.2 Å². The first-order chi connectivity index (χ1) is 13.5. The Kier molecular flexibility index (Phi) is 5.27. The van der Waals surface area contributed by atoms with E-state index in [0.29, 0.717) is 17.8 Å². The highest BCUT2D eigenvalue weighted by molar-refractivity contribution is 5.94. The molecule has 0 radical (unpaired) electrons. The third-order valence-electron chi connectivity index (χ3n) is 6.53. The summed E-state index contributed by atoms with van der Waals surface area (Å²) in [6.07, 6.45) is 4.36. The molecule has 3 aliphatic rings. The molecule has 6 nitrogen and oxygen atoms in total. The molecule has 1 aromatic rings. The second-order valence-corrected chi connectivity index (χ2v) is 8.14. The van der Waals surface area contributed by atoms with Crippen molar-refractivity contribution in [3.05, 3.63) is 29.6 Å². The molecule has 152 valence electrons. The summed E-state index contributed by atoms with van der Waals surface area (Å²) in [5, 5.41) is 2.51. The number of hydrogen-bond donors (Lipinski definition) is 1. The van der Waals surface area contributed by atoms with Gasteiger partial charge in [0, 0.05) is 51.5 Å². The molecule has 28 heavy (non-hydrogen) atoms. The van der Waals surface area contributed by atoms with Crippen LogP contribution in [-0.4, -0.2) is 62.7 Å². The number of halogens is 1. The van der Waals surface area contributed by atoms with Gasteiger partial charge < -0.3 is 19.9 Å². The highest BCUT2D eigenvalue weighted by Gasteiger charge is 2.50. The summed E-state index contributed by atoms with van der Waals surface area (Å²) in [5.41, 5.74) is 0.366. The Morgan fingerprint density at radius 3 is 2.75 bits per heavy atom. The zero-order valence-corrected chi connectivity index (χ0v) is 16.4. The number of carbonyl (C=O) groups excluding carboxylic acids is 2. The van der Waals surface area contributed by atoms with Crippen molar-refractivity contribution in [2.45, 2.75) is 38.1 Å². The number of carbonyl (C=O) groups is 2. The van der Waals surface area contributed by atoms with Gasteiger partial charge >= 0.3 is 0 Å². The Bertz CT molecular complexity index is 765. The summed E-state index contributed by atoms with van der Waals surface area (Å²) in [4.78, 5) is 29.1. The lowest BCUT2D eigenvalue weighted by atomic mass is 9.78. The SMILES string of the molecule is CNC(=O)c1ccc(N2CCC[C@@]3(CCN(C4CCOCC4)C3=O)C2)c(F)c1. The van der Waals surface area contributed by atoms with Crippen LogP contribution in [0.4, 0.5) is 10.1 Å². The molecule has 1 spiro atoms. The number of benzene rings is 1. The van der Waals surface area contributed by atoms with Crippen molar-refractivity contribution in [3.8, 4) is 0 Å². The van der Waals surface area contributed by atoms with E-state index in [1.54, 1.807) is 12.1 Å². The summed E-state index contributed by atoms with van der Waals surface area (Å²) in [6, 6.07) is 4.86. The van der Waals surface area contributed by atoms with Crippen LogP contribution in [0.2, 0.25) is 0 Å². The van der Waals surface area contributed by atoms with E-state index in [1.807, 2.05) is 4.90 Å². The second-order valence-electron chi connectivity index (χ2n) is 8.14.